The van der Waals surface area contributed by atoms with Crippen molar-refractivity contribution in [2.75, 3.05) is 13.1 Å². The summed E-state index contributed by atoms with van der Waals surface area (Å²) < 4.78 is 10.9. The van der Waals surface area contributed by atoms with Gasteiger partial charge in [0.25, 0.3) is 5.89 Å². The molecule has 3 heterocycles. The Labute approximate surface area is 161 Å². The maximum Gasteiger partial charge on any atom is 0.308 e. The van der Waals surface area contributed by atoms with Gasteiger partial charge in [-0.05, 0) is 24.6 Å². The third kappa shape index (κ3) is 3.43. The van der Waals surface area contributed by atoms with Crippen LogP contribution in [0, 0.1) is 12.8 Å². The number of likely N-dealkylation sites (tertiary alicyclic amines) is 1. The number of carbonyl (C=O) groups excluding carboxylic acids is 1. The number of furan rings is 1. The second kappa shape index (κ2) is 7.34. The lowest BCUT2D eigenvalue weighted by Gasteiger charge is -2.16. The van der Waals surface area contributed by atoms with Gasteiger partial charge in [0.1, 0.15) is 5.76 Å². The van der Waals surface area contributed by atoms with E-state index < -0.39 is 11.9 Å². The predicted molar refractivity (Wildman–Crippen MR) is 99.5 cm³/mol. The Bertz CT molecular complexity index is 978. The molecule has 1 aromatic carbocycles. The first kappa shape index (κ1) is 18.0. The van der Waals surface area contributed by atoms with Crippen LogP contribution in [-0.4, -0.2) is 40.0 Å². The Morgan fingerprint density at radius 3 is 2.64 bits per heavy atom. The van der Waals surface area contributed by atoms with E-state index in [2.05, 4.69) is 4.98 Å². The van der Waals surface area contributed by atoms with Crippen LogP contribution in [0.1, 0.15) is 22.9 Å². The summed E-state index contributed by atoms with van der Waals surface area (Å²) in [6.45, 7) is 2.32. The van der Waals surface area contributed by atoms with Crippen LogP contribution in [0.15, 0.2) is 57.6 Å². The Morgan fingerprint density at radius 1 is 1.18 bits per heavy atom. The maximum atomic E-state index is 12.8. The number of aryl methyl sites for hydroxylation is 1. The number of aromatic nitrogens is 1. The smallest absolute Gasteiger partial charge is 0.308 e. The molecule has 0 bridgehead atoms. The van der Waals surface area contributed by atoms with Crippen molar-refractivity contribution in [3.63, 3.8) is 0 Å². The average Bonchev–Trinajstić information content (AvgIpc) is 3.42. The number of aliphatic carboxylic acids is 1. The molecule has 1 aliphatic heterocycles. The van der Waals surface area contributed by atoms with Gasteiger partial charge in [-0.3, -0.25) is 9.59 Å². The predicted octanol–water partition coefficient (Wildman–Crippen LogP) is 3.11. The topological polar surface area (TPSA) is 96.8 Å². The molecular formula is C21H20N2O5. The molecule has 4 rings (SSSR count). The van der Waals surface area contributed by atoms with Crippen molar-refractivity contribution < 1.29 is 23.5 Å². The number of amides is 1. The molecule has 0 radical (unpaired) electrons. The molecule has 1 amide bonds. The highest BCUT2D eigenvalue weighted by Gasteiger charge is 2.40. The molecule has 1 N–H and O–H groups in total. The largest absolute Gasteiger partial charge is 0.481 e. The normalized spacial score (nSPS) is 19.1. The SMILES string of the molecule is Cc1oc(-c2ccco2)nc1CC(=O)N1CC(C(=O)O)C(c2ccccc2)C1. The fraction of sp³-hybridized carbons (Fsp3) is 0.286. The molecule has 0 spiro atoms. The molecule has 1 saturated heterocycles. The van der Waals surface area contributed by atoms with E-state index in [-0.39, 0.29) is 24.8 Å². The number of carbonyl (C=O) groups is 2. The Morgan fingerprint density at radius 2 is 1.96 bits per heavy atom. The molecule has 1 aliphatic rings. The van der Waals surface area contributed by atoms with Gasteiger partial charge in [0.2, 0.25) is 5.91 Å². The van der Waals surface area contributed by atoms with Crippen molar-refractivity contribution in [3.05, 3.63) is 65.7 Å². The zero-order chi connectivity index (χ0) is 19.7. The van der Waals surface area contributed by atoms with Crippen molar-refractivity contribution in [2.45, 2.75) is 19.3 Å². The highest BCUT2D eigenvalue weighted by Crippen LogP contribution is 2.33. The van der Waals surface area contributed by atoms with Crippen LogP contribution in [0.2, 0.25) is 0 Å². The quantitative estimate of drug-likeness (QED) is 0.730. The number of carboxylic acids is 1. The zero-order valence-electron chi connectivity index (χ0n) is 15.4. The van der Waals surface area contributed by atoms with E-state index in [4.69, 9.17) is 8.83 Å². The van der Waals surface area contributed by atoms with E-state index in [1.54, 1.807) is 24.0 Å². The van der Waals surface area contributed by atoms with Crippen molar-refractivity contribution in [1.29, 1.82) is 0 Å². The van der Waals surface area contributed by atoms with Gasteiger partial charge >= 0.3 is 5.97 Å². The molecule has 2 atom stereocenters. The standard InChI is InChI=1S/C21H20N2O5/c1-13-17(22-20(28-13)18-8-5-9-27-18)10-19(24)23-11-15(16(12-23)21(25)26)14-6-3-2-4-7-14/h2-9,15-16H,10-12H2,1H3,(H,25,26). The van der Waals surface area contributed by atoms with Gasteiger partial charge in [0, 0.05) is 19.0 Å². The molecule has 144 valence electrons. The minimum atomic E-state index is -0.887. The number of nitrogens with zero attached hydrogens (tertiary/aromatic N) is 2. The van der Waals surface area contributed by atoms with Crippen LogP contribution < -0.4 is 0 Å². The summed E-state index contributed by atoms with van der Waals surface area (Å²) in [5.74, 6) is -0.513. The summed E-state index contributed by atoms with van der Waals surface area (Å²) in [4.78, 5) is 30.5. The van der Waals surface area contributed by atoms with Gasteiger partial charge < -0.3 is 18.8 Å². The lowest BCUT2D eigenvalue weighted by Crippen LogP contribution is -2.31. The number of hydrogen-bond donors (Lipinski definition) is 1. The minimum Gasteiger partial charge on any atom is -0.481 e. The summed E-state index contributed by atoms with van der Waals surface area (Å²) in [6.07, 6.45) is 1.59. The monoisotopic (exact) mass is 380 g/mol. The summed E-state index contributed by atoms with van der Waals surface area (Å²) >= 11 is 0. The molecule has 2 aromatic heterocycles. The first-order chi connectivity index (χ1) is 13.5. The first-order valence-electron chi connectivity index (χ1n) is 9.08. The maximum absolute atomic E-state index is 12.8. The fourth-order valence-corrected chi connectivity index (χ4v) is 3.65. The van der Waals surface area contributed by atoms with E-state index >= 15 is 0 Å². The van der Waals surface area contributed by atoms with Gasteiger partial charge in [0.05, 0.1) is 24.3 Å². The molecule has 28 heavy (non-hydrogen) atoms. The van der Waals surface area contributed by atoms with Gasteiger partial charge in [-0.15, -0.1) is 0 Å². The highest BCUT2D eigenvalue weighted by molar-refractivity contribution is 5.81. The fourth-order valence-electron chi connectivity index (χ4n) is 3.65. The van der Waals surface area contributed by atoms with Gasteiger partial charge in [0.15, 0.2) is 5.76 Å². The van der Waals surface area contributed by atoms with Crippen molar-refractivity contribution in [3.8, 4) is 11.7 Å². The molecule has 7 nitrogen and oxygen atoms in total. The molecule has 7 heteroatoms. The summed E-state index contributed by atoms with van der Waals surface area (Å²) in [6, 6.07) is 12.9. The van der Waals surface area contributed by atoms with Gasteiger partial charge in [-0.1, -0.05) is 30.3 Å². The minimum absolute atomic E-state index is 0.0594. The third-order valence-electron chi connectivity index (χ3n) is 5.16. The molecule has 1 fully saturated rings. The second-order valence-corrected chi connectivity index (χ2v) is 6.94. The van der Waals surface area contributed by atoms with E-state index in [1.165, 1.54) is 6.26 Å². The molecule has 0 aliphatic carbocycles. The average molecular weight is 380 g/mol. The number of benzene rings is 1. The first-order valence-corrected chi connectivity index (χ1v) is 9.08. The van der Waals surface area contributed by atoms with Crippen molar-refractivity contribution in [2.24, 2.45) is 5.92 Å². The molecule has 3 aromatic rings. The van der Waals surface area contributed by atoms with E-state index in [9.17, 15) is 14.7 Å². The second-order valence-electron chi connectivity index (χ2n) is 6.94. The number of carboxylic acid groups (broad SMARTS) is 1. The van der Waals surface area contributed by atoms with E-state index in [0.29, 0.717) is 29.6 Å². The number of hydrogen-bond acceptors (Lipinski definition) is 5. The highest BCUT2D eigenvalue weighted by atomic mass is 16.4. The summed E-state index contributed by atoms with van der Waals surface area (Å²) in [5.41, 5.74) is 1.47. The molecule has 2 unspecified atom stereocenters. The van der Waals surface area contributed by atoms with E-state index in [0.717, 1.165) is 5.56 Å². The zero-order valence-corrected chi connectivity index (χ0v) is 15.4. The summed E-state index contributed by atoms with van der Waals surface area (Å²) in [5, 5.41) is 9.61. The Balaban J connectivity index is 1.50. The van der Waals surface area contributed by atoms with Crippen LogP contribution >= 0.6 is 0 Å². The van der Waals surface area contributed by atoms with Gasteiger partial charge in [-0.25, -0.2) is 4.98 Å². The van der Waals surface area contributed by atoms with Gasteiger partial charge in [-0.2, -0.15) is 0 Å². The van der Waals surface area contributed by atoms with Crippen molar-refractivity contribution in [1.82, 2.24) is 9.88 Å². The van der Waals surface area contributed by atoms with E-state index in [1.807, 2.05) is 30.3 Å². The van der Waals surface area contributed by atoms with Crippen LogP contribution in [0.4, 0.5) is 0 Å². The van der Waals surface area contributed by atoms with Crippen LogP contribution in [0.25, 0.3) is 11.7 Å². The summed E-state index contributed by atoms with van der Waals surface area (Å²) in [7, 11) is 0. The molecular weight excluding hydrogens is 360 g/mol. The van der Waals surface area contributed by atoms with Crippen molar-refractivity contribution >= 4 is 11.9 Å². The lowest BCUT2D eigenvalue weighted by atomic mass is 9.89. The van der Waals surface area contributed by atoms with Crippen LogP contribution in [0.3, 0.4) is 0 Å². The third-order valence-corrected chi connectivity index (χ3v) is 5.16. The molecule has 0 saturated carbocycles. The van der Waals surface area contributed by atoms with Crippen LogP contribution in [-0.2, 0) is 16.0 Å². The Hall–Kier alpha value is -3.35. The number of rotatable bonds is 5. The Kier molecular flexibility index (Phi) is 4.73. The van der Waals surface area contributed by atoms with Crippen LogP contribution in [0.5, 0.6) is 0 Å². The lowest BCUT2D eigenvalue weighted by molar-refractivity contribution is -0.141. The number of oxazole rings is 1.